The minimum atomic E-state index is -0.0875. The van der Waals surface area contributed by atoms with Gasteiger partial charge in [-0.25, -0.2) is 0 Å². The number of hydrogen-bond donors (Lipinski definition) is 1. The molecule has 1 saturated heterocycles. The average Bonchev–Trinajstić information content (AvgIpc) is 2.80. The average molecular weight is 327 g/mol. The number of nitrogens with zero attached hydrogens (tertiary/aromatic N) is 1. The summed E-state index contributed by atoms with van der Waals surface area (Å²) in [4.78, 5) is 26.7. The van der Waals surface area contributed by atoms with Crippen LogP contribution >= 0.6 is 12.4 Å². The smallest absolute Gasteiger partial charge is 0.290 e. The van der Waals surface area contributed by atoms with Gasteiger partial charge >= 0.3 is 0 Å². The van der Waals surface area contributed by atoms with Gasteiger partial charge in [0.05, 0.1) is 5.56 Å². The monoisotopic (exact) mass is 326 g/mol. The third-order valence-electron chi connectivity index (χ3n) is 4.80. The number of piperazine rings is 1. The van der Waals surface area contributed by atoms with Crippen LogP contribution in [0, 0.1) is 6.92 Å². The number of halogens is 1. The fourth-order valence-electron chi connectivity index (χ4n) is 3.33. The number of carbonyl (C=O) groups excluding carboxylic acids is 2. The van der Waals surface area contributed by atoms with Crippen LogP contribution in [0.15, 0.2) is 4.42 Å². The molecule has 0 aromatic carbocycles. The number of carbonyl (C=O) groups is 2. The molecule has 5 nitrogen and oxygen atoms in total. The van der Waals surface area contributed by atoms with Crippen LogP contribution in [0.25, 0.3) is 0 Å². The number of furan rings is 1. The van der Waals surface area contributed by atoms with Crippen molar-refractivity contribution < 1.29 is 14.0 Å². The van der Waals surface area contributed by atoms with Gasteiger partial charge in [-0.2, -0.15) is 0 Å². The van der Waals surface area contributed by atoms with Crippen molar-refractivity contribution in [1.82, 2.24) is 10.2 Å². The van der Waals surface area contributed by atoms with E-state index in [0.717, 1.165) is 24.9 Å². The highest BCUT2D eigenvalue weighted by molar-refractivity contribution is 6.03. The van der Waals surface area contributed by atoms with Crippen LogP contribution in [0.3, 0.4) is 0 Å². The standard InChI is InChI=1S/C16H22N2O3.ClH/c1-9-14-12(19)5-4-6-13(14)21-15(9)16(20)18-8-7-17-10(2)11(18)3;/h10-11,17H,4-8H2,1-3H3;1H. The largest absolute Gasteiger partial charge is 0.455 e. The Balaban J connectivity index is 0.00000176. The number of Topliss-reactive ketones (excluding diaryl/α,β-unsaturated/α-hetero) is 1. The first-order chi connectivity index (χ1) is 10.0. The lowest BCUT2D eigenvalue weighted by molar-refractivity contribution is 0.0567. The van der Waals surface area contributed by atoms with Crippen molar-refractivity contribution in [1.29, 1.82) is 0 Å². The topological polar surface area (TPSA) is 62.6 Å². The Morgan fingerprint density at radius 2 is 2.05 bits per heavy atom. The molecule has 0 spiro atoms. The van der Waals surface area contributed by atoms with Crippen molar-refractivity contribution >= 4 is 24.1 Å². The molecule has 0 saturated carbocycles. The second-order valence-corrected chi connectivity index (χ2v) is 6.11. The molecule has 2 aliphatic rings. The summed E-state index contributed by atoms with van der Waals surface area (Å²) in [5, 5.41) is 3.36. The van der Waals surface area contributed by atoms with Gasteiger partial charge in [0.2, 0.25) is 0 Å². The van der Waals surface area contributed by atoms with Crippen molar-refractivity contribution in [2.75, 3.05) is 13.1 Å². The summed E-state index contributed by atoms with van der Waals surface area (Å²) in [6.07, 6.45) is 2.12. The van der Waals surface area contributed by atoms with E-state index in [9.17, 15) is 9.59 Å². The second kappa shape index (κ2) is 6.42. The molecule has 0 bridgehead atoms. The van der Waals surface area contributed by atoms with Gasteiger partial charge in [-0.05, 0) is 27.2 Å². The van der Waals surface area contributed by atoms with E-state index in [1.165, 1.54) is 0 Å². The summed E-state index contributed by atoms with van der Waals surface area (Å²) in [7, 11) is 0. The Morgan fingerprint density at radius 1 is 1.32 bits per heavy atom. The Bertz CT molecular complexity index is 596. The third-order valence-corrected chi connectivity index (χ3v) is 4.80. The van der Waals surface area contributed by atoms with E-state index in [4.69, 9.17) is 4.42 Å². The van der Waals surface area contributed by atoms with Crippen molar-refractivity contribution in [2.45, 2.75) is 52.1 Å². The first-order valence-electron chi connectivity index (χ1n) is 7.70. The molecule has 122 valence electrons. The highest BCUT2D eigenvalue weighted by atomic mass is 35.5. The van der Waals surface area contributed by atoms with Crippen molar-refractivity contribution in [3.63, 3.8) is 0 Å². The van der Waals surface area contributed by atoms with Gasteiger partial charge in [0, 0.05) is 43.6 Å². The highest BCUT2D eigenvalue weighted by Crippen LogP contribution is 2.30. The van der Waals surface area contributed by atoms with E-state index >= 15 is 0 Å². The van der Waals surface area contributed by atoms with E-state index in [1.54, 1.807) is 0 Å². The molecule has 1 amide bonds. The van der Waals surface area contributed by atoms with Crippen LogP contribution in [-0.4, -0.2) is 41.8 Å². The molecular weight excluding hydrogens is 304 g/mol. The van der Waals surface area contributed by atoms with Gasteiger partial charge in [-0.15, -0.1) is 12.4 Å². The van der Waals surface area contributed by atoms with E-state index in [0.29, 0.717) is 30.0 Å². The fourth-order valence-corrected chi connectivity index (χ4v) is 3.33. The molecule has 2 unspecified atom stereocenters. The summed E-state index contributed by atoms with van der Waals surface area (Å²) in [5.74, 6) is 1.08. The zero-order valence-electron chi connectivity index (χ0n) is 13.3. The maximum Gasteiger partial charge on any atom is 0.290 e. The maximum absolute atomic E-state index is 12.8. The number of rotatable bonds is 1. The summed E-state index contributed by atoms with van der Waals surface area (Å²) < 4.78 is 5.77. The number of aryl methyl sites for hydroxylation is 1. The molecule has 1 N–H and O–H groups in total. The highest BCUT2D eigenvalue weighted by Gasteiger charge is 2.34. The first-order valence-corrected chi connectivity index (χ1v) is 7.70. The predicted molar refractivity (Wildman–Crippen MR) is 85.9 cm³/mol. The van der Waals surface area contributed by atoms with Gasteiger partial charge in [0.1, 0.15) is 5.76 Å². The number of fused-ring (bicyclic) bond motifs is 1. The van der Waals surface area contributed by atoms with Crippen molar-refractivity contribution in [3.8, 4) is 0 Å². The van der Waals surface area contributed by atoms with Crippen LogP contribution in [0.1, 0.15) is 58.9 Å². The molecule has 3 rings (SSSR count). The van der Waals surface area contributed by atoms with Crippen LogP contribution < -0.4 is 5.32 Å². The molecule has 2 atom stereocenters. The predicted octanol–water partition coefficient (Wildman–Crippen LogP) is 2.35. The van der Waals surface area contributed by atoms with Crippen LogP contribution in [-0.2, 0) is 6.42 Å². The van der Waals surface area contributed by atoms with Gasteiger partial charge in [-0.3, -0.25) is 9.59 Å². The SMILES string of the molecule is Cc1c(C(=O)N2CCNC(C)C2C)oc2c1C(=O)CCC2.Cl. The zero-order valence-corrected chi connectivity index (χ0v) is 14.1. The quantitative estimate of drug-likeness (QED) is 0.860. The molecule has 0 radical (unpaired) electrons. The van der Waals surface area contributed by atoms with Crippen molar-refractivity contribution in [3.05, 3.63) is 22.6 Å². The molecule has 22 heavy (non-hydrogen) atoms. The summed E-state index contributed by atoms with van der Waals surface area (Å²) in [6, 6.07) is 0.373. The van der Waals surface area contributed by atoms with Gasteiger partial charge in [-0.1, -0.05) is 0 Å². The van der Waals surface area contributed by atoms with Gasteiger partial charge < -0.3 is 14.6 Å². The molecular formula is C16H23ClN2O3. The number of amides is 1. The number of hydrogen-bond acceptors (Lipinski definition) is 4. The Kier molecular flexibility index (Phi) is 4.97. The van der Waals surface area contributed by atoms with Crippen molar-refractivity contribution in [2.24, 2.45) is 0 Å². The molecule has 1 aromatic heterocycles. The molecule has 2 heterocycles. The Hall–Kier alpha value is -1.33. The summed E-state index contributed by atoms with van der Waals surface area (Å²) in [5.41, 5.74) is 1.37. The lowest BCUT2D eigenvalue weighted by Crippen LogP contribution is -2.57. The Labute approximate surface area is 136 Å². The Morgan fingerprint density at radius 3 is 2.73 bits per heavy atom. The molecule has 1 aliphatic carbocycles. The number of ketones is 1. The van der Waals surface area contributed by atoms with Gasteiger partial charge in [0.25, 0.3) is 5.91 Å². The normalized spacial score (nSPS) is 24.7. The maximum atomic E-state index is 12.8. The molecule has 1 aromatic rings. The van der Waals surface area contributed by atoms with Crippen LogP contribution in [0.4, 0.5) is 0 Å². The lowest BCUT2D eigenvalue weighted by Gasteiger charge is -2.38. The fraction of sp³-hybridized carbons (Fsp3) is 0.625. The van der Waals surface area contributed by atoms with E-state index in [1.807, 2.05) is 18.7 Å². The number of nitrogens with one attached hydrogen (secondary N) is 1. The van der Waals surface area contributed by atoms with Gasteiger partial charge in [0.15, 0.2) is 11.5 Å². The third kappa shape index (κ3) is 2.68. The van der Waals surface area contributed by atoms with Crippen LogP contribution in [0.5, 0.6) is 0 Å². The zero-order chi connectivity index (χ0) is 15.1. The second-order valence-electron chi connectivity index (χ2n) is 6.11. The minimum absolute atomic E-state index is 0. The molecule has 6 heteroatoms. The first kappa shape index (κ1) is 17.0. The van der Waals surface area contributed by atoms with E-state index < -0.39 is 0 Å². The van der Waals surface area contributed by atoms with Crippen LogP contribution in [0.2, 0.25) is 0 Å². The molecule has 1 aliphatic heterocycles. The van der Waals surface area contributed by atoms with E-state index in [2.05, 4.69) is 12.2 Å². The summed E-state index contributed by atoms with van der Waals surface area (Å²) >= 11 is 0. The summed E-state index contributed by atoms with van der Waals surface area (Å²) in [6.45, 7) is 7.40. The van der Waals surface area contributed by atoms with E-state index in [-0.39, 0.29) is 36.2 Å². The minimum Gasteiger partial charge on any atom is -0.455 e. The molecule has 1 fully saturated rings. The lowest BCUT2D eigenvalue weighted by atomic mass is 9.94.